The lowest BCUT2D eigenvalue weighted by Gasteiger charge is -2.13. The Morgan fingerprint density at radius 2 is 1.70 bits per heavy atom. The maximum absolute atomic E-state index is 14.5. The monoisotopic (exact) mass is 618 g/mol. The molecule has 0 atom stereocenters. The first-order valence-electron chi connectivity index (χ1n) is 12.7. The summed E-state index contributed by atoms with van der Waals surface area (Å²) in [5.41, 5.74) is 1.20. The van der Waals surface area contributed by atoms with Gasteiger partial charge in [-0.2, -0.15) is 0 Å². The van der Waals surface area contributed by atoms with Crippen LogP contribution < -0.4 is 16.0 Å². The average molecular weight is 619 g/mol. The normalized spacial score (nSPS) is 11.0. The molecule has 9 nitrogen and oxygen atoms in total. The van der Waals surface area contributed by atoms with Crippen LogP contribution in [0.4, 0.5) is 21.5 Å². The van der Waals surface area contributed by atoms with E-state index in [-0.39, 0.29) is 39.2 Å². The van der Waals surface area contributed by atoms with E-state index in [1.54, 1.807) is 67.6 Å². The number of hydrogen-bond acceptors (Lipinski definition) is 6. The van der Waals surface area contributed by atoms with E-state index in [0.29, 0.717) is 21.8 Å². The first-order chi connectivity index (χ1) is 20.6. The van der Waals surface area contributed by atoms with Crippen LogP contribution in [0.3, 0.4) is 0 Å². The van der Waals surface area contributed by atoms with Crippen molar-refractivity contribution in [3.8, 4) is 0 Å². The molecule has 0 aromatic heterocycles. The number of nitro groups is 1. The Labute approximate surface area is 255 Å². The molecule has 0 aliphatic heterocycles. The first kappa shape index (κ1) is 30.9. The van der Waals surface area contributed by atoms with E-state index >= 15 is 0 Å². The van der Waals surface area contributed by atoms with Gasteiger partial charge in [0, 0.05) is 33.8 Å². The van der Waals surface area contributed by atoms with Gasteiger partial charge in [0.05, 0.1) is 21.4 Å². The van der Waals surface area contributed by atoms with E-state index in [1.807, 2.05) is 0 Å². The second kappa shape index (κ2) is 14.3. The van der Waals surface area contributed by atoms with Crippen LogP contribution in [0.5, 0.6) is 0 Å². The van der Waals surface area contributed by atoms with Gasteiger partial charge in [-0.25, -0.2) is 4.39 Å². The van der Waals surface area contributed by atoms with Crippen LogP contribution in [-0.2, 0) is 9.59 Å². The SMILES string of the molecule is Cc1ccc([N+](=O)[O-])cc1NC(=O)CSc1cccc(NC(=O)/C(=C\c2c(F)cccc2Cl)NC(=O)c2ccccc2)c1. The molecule has 0 spiro atoms. The fourth-order valence-corrected chi connectivity index (χ4v) is 4.76. The summed E-state index contributed by atoms with van der Waals surface area (Å²) in [4.78, 5) is 49.9. The number of aryl methyl sites for hydroxylation is 1. The number of thioether (sulfide) groups is 1. The molecule has 0 saturated heterocycles. The van der Waals surface area contributed by atoms with Crippen LogP contribution in [0, 0.1) is 22.9 Å². The van der Waals surface area contributed by atoms with E-state index in [9.17, 15) is 28.9 Å². The van der Waals surface area contributed by atoms with Crippen LogP contribution in [0.15, 0.2) is 102 Å². The highest BCUT2D eigenvalue weighted by Gasteiger charge is 2.18. The Kier molecular flexibility index (Phi) is 10.3. The number of benzene rings is 4. The first-order valence-corrected chi connectivity index (χ1v) is 14.1. The molecule has 4 aromatic carbocycles. The van der Waals surface area contributed by atoms with Crippen molar-refractivity contribution in [2.45, 2.75) is 11.8 Å². The van der Waals surface area contributed by atoms with Crippen LogP contribution in [0.2, 0.25) is 5.02 Å². The zero-order valence-corrected chi connectivity index (χ0v) is 24.2. The third-order valence-corrected chi connectivity index (χ3v) is 7.31. The summed E-state index contributed by atoms with van der Waals surface area (Å²) in [6.45, 7) is 1.73. The summed E-state index contributed by atoms with van der Waals surface area (Å²) in [7, 11) is 0. The molecule has 12 heteroatoms. The Bertz CT molecular complexity index is 1710. The number of carbonyl (C=O) groups is 3. The minimum absolute atomic E-state index is 0.0103. The third kappa shape index (κ3) is 8.51. The van der Waals surface area contributed by atoms with Crippen molar-refractivity contribution in [3.63, 3.8) is 0 Å². The van der Waals surface area contributed by atoms with Crippen LogP contribution in [0.1, 0.15) is 21.5 Å². The molecular weight excluding hydrogens is 595 g/mol. The van der Waals surface area contributed by atoms with Crippen LogP contribution >= 0.6 is 23.4 Å². The lowest BCUT2D eigenvalue weighted by atomic mass is 10.1. The third-order valence-electron chi connectivity index (χ3n) is 5.99. The van der Waals surface area contributed by atoms with Crippen molar-refractivity contribution in [2.24, 2.45) is 0 Å². The number of anilines is 2. The van der Waals surface area contributed by atoms with Gasteiger partial charge in [-0.05, 0) is 61.0 Å². The van der Waals surface area contributed by atoms with Crippen LogP contribution in [-0.4, -0.2) is 28.4 Å². The van der Waals surface area contributed by atoms with E-state index in [0.717, 1.165) is 6.08 Å². The minimum Gasteiger partial charge on any atom is -0.325 e. The van der Waals surface area contributed by atoms with Gasteiger partial charge in [0.2, 0.25) is 5.91 Å². The largest absolute Gasteiger partial charge is 0.325 e. The highest BCUT2D eigenvalue weighted by Crippen LogP contribution is 2.26. The number of nitro benzene ring substituents is 1. The zero-order valence-electron chi connectivity index (χ0n) is 22.6. The lowest BCUT2D eigenvalue weighted by Crippen LogP contribution is -2.30. The maximum Gasteiger partial charge on any atom is 0.272 e. The van der Waals surface area contributed by atoms with Crippen LogP contribution in [0.25, 0.3) is 6.08 Å². The second-order valence-corrected chi connectivity index (χ2v) is 10.5. The van der Waals surface area contributed by atoms with Gasteiger partial charge in [-0.3, -0.25) is 24.5 Å². The molecule has 218 valence electrons. The Morgan fingerprint density at radius 3 is 2.42 bits per heavy atom. The minimum atomic E-state index is -0.732. The molecule has 0 aliphatic rings. The van der Waals surface area contributed by atoms with Gasteiger partial charge in [0.25, 0.3) is 17.5 Å². The molecule has 0 heterocycles. The quantitative estimate of drug-likeness (QED) is 0.0772. The van der Waals surface area contributed by atoms with Gasteiger partial charge < -0.3 is 16.0 Å². The number of hydrogen-bond donors (Lipinski definition) is 3. The molecule has 0 saturated carbocycles. The number of amides is 3. The van der Waals surface area contributed by atoms with Crippen molar-refractivity contribution in [1.82, 2.24) is 5.32 Å². The molecule has 4 rings (SSSR count). The molecule has 0 fully saturated rings. The van der Waals surface area contributed by atoms with Gasteiger partial charge in [-0.1, -0.05) is 48.0 Å². The van der Waals surface area contributed by atoms with Crippen molar-refractivity contribution in [3.05, 3.63) is 134 Å². The summed E-state index contributed by atoms with van der Waals surface area (Å²) < 4.78 is 14.5. The predicted octanol–water partition coefficient (Wildman–Crippen LogP) is 6.84. The molecule has 0 radical (unpaired) electrons. The van der Waals surface area contributed by atoms with E-state index < -0.39 is 22.6 Å². The molecule has 3 amide bonds. The molecule has 0 unspecified atom stereocenters. The molecule has 0 aliphatic carbocycles. The molecular formula is C31H24ClFN4O5S. The van der Waals surface area contributed by atoms with E-state index in [4.69, 9.17) is 11.6 Å². The van der Waals surface area contributed by atoms with E-state index in [2.05, 4.69) is 16.0 Å². The van der Waals surface area contributed by atoms with Crippen molar-refractivity contribution < 1.29 is 23.7 Å². The smallest absolute Gasteiger partial charge is 0.272 e. The summed E-state index contributed by atoms with van der Waals surface area (Å²) in [6.07, 6.45) is 1.16. The van der Waals surface area contributed by atoms with Gasteiger partial charge in [0.15, 0.2) is 0 Å². The summed E-state index contributed by atoms with van der Waals surface area (Å²) in [6, 6.07) is 23.1. The summed E-state index contributed by atoms with van der Waals surface area (Å²) in [5, 5.41) is 19.0. The maximum atomic E-state index is 14.5. The molecule has 43 heavy (non-hydrogen) atoms. The Balaban J connectivity index is 1.48. The highest BCUT2D eigenvalue weighted by atomic mass is 35.5. The topological polar surface area (TPSA) is 130 Å². The number of nitrogens with zero attached hydrogens (tertiary/aromatic N) is 1. The second-order valence-electron chi connectivity index (χ2n) is 9.09. The zero-order chi connectivity index (χ0) is 30.9. The molecule has 3 N–H and O–H groups in total. The number of rotatable bonds is 10. The lowest BCUT2D eigenvalue weighted by molar-refractivity contribution is -0.384. The van der Waals surface area contributed by atoms with Crippen molar-refractivity contribution in [2.75, 3.05) is 16.4 Å². The van der Waals surface area contributed by atoms with E-state index in [1.165, 1.54) is 42.1 Å². The molecule has 4 aromatic rings. The van der Waals surface area contributed by atoms with Gasteiger partial charge in [0.1, 0.15) is 11.5 Å². The van der Waals surface area contributed by atoms with Crippen molar-refractivity contribution in [1.29, 1.82) is 0 Å². The number of nitrogens with one attached hydrogen (secondary N) is 3. The number of halogens is 2. The Morgan fingerprint density at radius 1 is 0.953 bits per heavy atom. The standard InChI is InChI=1S/C31H24ClFN4O5S/c1-19-13-14-22(37(41)42)16-27(19)35-29(38)18-43-23-10-5-9-21(15-23)34-31(40)28(17-24-25(32)11-6-12-26(24)33)36-30(39)20-7-3-2-4-8-20/h2-17H,18H2,1H3,(H,34,40)(H,35,38)(H,36,39)/b28-17+. The van der Waals surface area contributed by atoms with Crippen molar-refractivity contribution >= 4 is 64.2 Å². The average Bonchev–Trinajstić information content (AvgIpc) is 2.99. The number of non-ortho nitro benzene ring substituents is 1. The van der Waals surface area contributed by atoms with Gasteiger partial charge >= 0.3 is 0 Å². The van der Waals surface area contributed by atoms with Gasteiger partial charge in [-0.15, -0.1) is 11.8 Å². The predicted molar refractivity (Wildman–Crippen MR) is 166 cm³/mol. The Hall–Kier alpha value is -5.00. The molecule has 0 bridgehead atoms. The highest BCUT2D eigenvalue weighted by molar-refractivity contribution is 8.00. The summed E-state index contributed by atoms with van der Waals surface area (Å²) >= 11 is 7.34. The fraction of sp³-hybridized carbons (Fsp3) is 0.0645. The fourth-order valence-electron chi connectivity index (χ4n) is 3.79. The number of carbonyl (C=O) groups excluding carboxylic acids is 3. The summed E-state index contributed by atoms with van der Waals surface area (Å²) in [5.74, 6) is -2.38.